The number of halogens is 1. The Labute approximate surface area is 98.9 Å². The molecule has 1 atom stereocenters. The van der Waals surface area contributed by atoms with Crippen LogP contribution in [0.5, 0.6) is 0 Å². The summed E-state index contributed by atoms with van der Waals surface area (Å²) >= 11 is 1.08. The first-order valence-corrected chi connectivity index (χ1v) is 5.98. The van der Waals surface area contributed by atoms with Gasteiger partial charge in [-0.15, -0.1) is 11.8 Å². The van der Waals surface area contributed by atoms with E-state index < -0.39 is 10.7 Å². The summed E-state index contributed by atoms with van der Waals surface area (Å²) in [4.78, 5) is 11.6. The average Bonchev–Trinajstić information content (AvgIpc) is 2.21. The maximum absolute atomic E-state index is 13.4. The smallest absolute Gasteiger partial charge is 0.319 e. The molecule has 1 aromatic rings. The molecule has 1 unspecified atom stereocenters. The fraction of sp³-hybridized carbons (Fsp3) is 0.417. The van der Waals surface area contributed by atoms with E-state index in [1.54, 1.807) is 25.1 Å². The number of aliphatic carboxylic acids is 1. The van der Waals surface area contributed by atoms with E-state index in [4.69, 9.17) is 0 Å². The van der Waals surface area contributed by atoms with Crippen LogP contribution in [-0.2, 0) is 4.79 Å². The second-order valence-corrected chi connectivity index (χ2v) is 5.36. The van der Waals surface area contributed by atoms with E-state index in [-0.39, 0.29) is 5.82 Å². The lowest BCUT2D eigenvalue weighted by molar-refractivity contribution is -0.139. The van der Waals surface area contributed by atoms with Crippen molar-refractivity contribution in [2.24, 2.45) is 0 Å². The van der Waals surface area contributed by atoms with Gasteiger partial charge in [-0.05, 0) is 25.5 Å². The van der Waals surface area contributed by atoms with E-state index in [1.165, 1.54) is 6.07 Å². The molecule has 0 saturated carbocycles. The van der Waals surface area contributed by atoms with Crippen LogP contribution in [0.15, 0.2) is 29.2 Å². The molecule has 0 saturated heterocycles. The van der Waals surface area contributed by atoms with E-state index in [0.717, 1.165) is 18.2 Å². The molecule has 1 aromatic carbocycles. The molecule has 0 aromatic heterocycles. The molecular weight excluding hydrogens is 227 g/mol. The standard InChI is InChI=1S/C12H15FO2S/c1-3-8-12(2,11(14)15)16-10-7-5-4-6-9(10)13/h4-7H,3,8H2,1-2H3,(H,14,15). The lowest BCUT2D eigenvalue weighted by atomic mass is 10.1. The molecule has 1 N–H and O–H groups in total. The minimum absolute atomic E-state index is 0.365. The highest BCUT2D eigenvalue weighted by atomic mass is 32.2. The monoisotopic (exact) mass is 242 g/mol. The van der Waals surface area contributed by atoms with Crippen molar-refractivity contribution in [3.05, 3.63) is 30.1 Å². The Hall–Kier alpha value is -1.03. The Balaban J connectivity index is 2.92. The zero-order valence-corrected chi connectivity index (χ0v) is 10.2. The maximum atomic E-state index is 13.4. The summed E-state index contributed by atoms with van der Waals surface area (Å²) in [7, 11) is 0. The molecule has 0 aliphatic rings. The van der Waals surface area contributed by atoms with Crippen LogP contribution in [-0.4, -0.2) is 15.8 Å². The van der Waals surface area contributed by atoms with Crippen LogP contribution in [0.2, 0.25) is 0 Å². The molecule has 4 heteroatoms. The van der Waals surface area contributed by atoms with Gasteiger partial charge in [0.15, 0.2) is 0 Å². The summed E-state index contributed by atoms with van der Waals surface area (Å²) in [5.41, 5.74) is 0. The predicted octanol–water partition coefficient (Wildman–Crippen LogP) is 3.56. The number of carbonyl (C=O) groups is 1. The highest BCUT2D eigenvalue weighted by molar-refractivity contribution is 8.01. The van der Waals surface area contributed by atoms with Gasteiger partial charge in [0.05, 0.1) is 0 Å². The van der Waals surface area contributed by atoms with Gasteiger partial charge in [0.1, 0.15) is 10.6 Å². The SMILES string of the molecule is CCCC(C)(Sc1ccccc1F)C(=O)O. The molecule has 2 nitrogen and oxygen atoms in total. The Kier molecular flexibility index (Phi) is 4.35. The number of thioether (sulfide) groups is 1. The van der Waals surface area contributed by atoms with Crippen molar-refractivity contribution in [2.75, 3.05) is 0 Å². The summed E-state index contributed by atoms with van der Waals surface area (Å²) in [5.74, 6) is -1.27. The van der Waals surface area contributed by atoms with Gasteiger partial charge < -0.3 is 5.11 Å². The largest absolute Gasteiger partial charge is 0.480 e. The molecule has 0 spiro atoms. The molecule has 1 rings (SSSR count). The first-order chi connectivity index (χ1) is 7.49. The van der Waals surface area contributed by atoms with Gasteiger partial charge in [0, 0.05) is 4.90 Å². The third-order valence-corrected chi connectivity index (χ3v) is 3.73. The third-order valence-electron chi connectivity index (χ3n) is 2.35. The van der Waals surface area contributed by atoms with Crippen molar-refractivity contribution < 1.29 is 14.3 Å². The van der Waals surface area contributed by atoms with Crippen LogP contribution < -0.4 is 0 Å². The molecule has 16 heavy (non-hydrogen) atoms. The number of benzene rings is 1. The molecule has 0 aliphatic heterocycles. The van der Waals surface area contributed by atoms with Crippen LogP contribution >= 0.6 is 11.8 Å². The van der Waals surface area contributed by atoms with Crippen molar-refractivity contribution in [1.82, 2.24) is 0 Å². The first-order valence-electron chi connectivity index (χ1n) is 5.16. The number of hydrogen-bond acceptors (Lipinski definition) is 2. The van der Waals surface area contributed by atoms with Gasteiger partial charge in [0.2, 0.25) is 0 Å². The van der Waals surface area contributed by atoms with Crippen molar-refractivity contribution in [1.29, 1.82) is 0 Å². The normalized spacial score (nSPS) is 14.4. The number of carboxylic acid groups (broad SMARTS) is 1. The minimum Gasteiger partial charge on any atom is -0.480 e. The van der Waals surface area contributed by atoms with E-state index in [2.05, 4.69) is 0 Å². The van der Waals surface area contributed by atoms with E-state index >= 15 is 0 Å². The third kappa shape index (κ3) is 2.98. The van der Waals surface area contributed by atoms with Gasteiger partial charge >= 0.3 is 5.97 Å². The van der Waals surface area contributed by atoms with Crippen molar-refractivity contribution in [3.8, 4) is 0 Å². The zero-order valence-electron chi connectivity index (χ0n) is 9.37. The van der Waals surface area contributed by atoms with Crippen molar-refractivity contribution >= 4 is 17.7 Å². The van der Waals surface area contributed by atoms with Crippen LogP contribution in [0.1, 0.15) is 26.7 Å². The maximum Gasteiger partial charge on any atom is 0.319 e. The van der Waals surface area contributed by atoms with Gasteiger partial charge in [-0.3, -0.25) is 4.79 Å². The first kappa shape index (κ1) is 13.0. The van der Waals surface area contributed by atoms with Gasteiger partial charge in [-0.1, -0.05) is 25.5 Å². The Morgan fingerprint density at radius 3 is 2.62 bits per heavy atom. The predicted molar refractivity (Wildman–Crippen MR) is 63.2 cm³/mol. The average molecular weight is 242 g/mol. The molecule has 0 bridgehead atoms. The van der Waals surface area contributed by atoms with Gasteiger partial charge in [0.25, 0.3) is 0 Å². The van der Waals surface area contributed by atoms with E-state index in [9.17, 15) is 14.3 Å². The minimum atomic E-state index is -0.961. The molecule has 0 heterocycles. The quantitative estimate of drug-likeness (QED) is 0.802. The highest BCUT2D eigenvalue weighted by Crippen LogP contribution is 2.37. The molecule has 88 valence electrons. The molecular formula is C12H15FO2S. The Bertz CT molecular complexity index is 381. The number of hydrogen-bond donors (Lipinski definition) is 1. The van der Waals surface area contributed by atoms with E-state index in [1.807, 2.05) is 6.92 Å². The highest BCUT2D eigenvalue weighted by Gasteiger charge is 2.34. The topological polar surface area (TPSA) is 37.3 Å². The summed E-state index contributed by atoms with van der Waals surface area (Å²) in [6.07, 6.45) is 1.27. The molecule has 0 aliphatic carbocycles. The summed E-state index contributed by atoms with van der Waals surface area (Å²) < 4.78 is 12.4. The van der Waals surface area contributed by atoms with Crippen molar-refractivity contribution in [2.45, 2.75) is 36.3 Å². The molecule has 0 radical (unpaired) electrons. The summed E-state index contributed by atoms with van der Waals surface area (Å²) in [6.45, 7) is 3.55. The van der Waals surface area contributed by atoms with Gasteiger partial charge in [-0.25, -0.2) is 4.39 Å². The summed E-state index contributed by atoms with van der Waals surface area (Å²) in [5, 5.41) is 9.17. The van der Waals surface area contributed by atoms with Crippen LogP contribution in [0.3, 0.4) is 0 Å². The fourth-order valence-corrected chi connectivity index (χ4v) is 2.64. The van der Waals surface area contributed by atoms with Crippen LogP contribution in [0, 0.1) is 5.82 Å². The number of carboxylic acids is 1. The Morgan fingerprint density at radius 2 is 2.12 bits per heavy atom. The molecule has 0 amide bonds. The fourth-order valence-electron chi connectivity index (χ4n) is 1.45. The van der Waals surface area contributed by atoms with Crippen LogP contribution in [0.25, 0.3) is 0 Å². The van der Waals surface area contributed by atoms with Gasteiger partial charge in [-0.2, -0.15) is 0 Å². The Morgan fingerprint density at radius 1 is 1.50 bits per heavy atom. The zero-order chi connectivity index (χ0) is 12.2. The van der Waals surface area contributed by atoms with E-state index in [0.29, 0.717) is 11.3 Å². The second kappa shape index (κ2) is 5.34. The lowest BCUT2D eigenvalue weighted by Gasteiger charge is -2.23. The van der Waals surface area contributed by atoms with Crippen LogP contribution in [0.4, 0.5) is 4.39 Å². The summed E-state index contributed by atoms with van der Waals surface area (Å²) in [6, 6.07) is 6.25. The molecule has 0 fully saturated rings. The second-order valence-electron chi connectivity index (χ2n) is 3.82. The number of rotatable bonds is 5. The van der Waals surface area contributed by atoms with Crippen molar-refractivity contribution in [3.63, 3.8) is 0 Å². The lowest BCUT2D eigenvalue weighted by Crippen LogP contribution is -2.31.